The molecule has 1 saturated heterocycles. The number of hydrazine groups is 1. The van der Waals surface area contributed by atoms with Crippen molar-refractivity contribution >= 4 is 17.8 Å². The van der Waals surface area contributed by atoms with E-state index in [1.165, 1.54) is 19.3 Å². The Bertz CT molecular complexity index is 424. The van der Waals surface area contributed by atoms with Crippen molar-refractivity contribution in [1.29, 1.82) is 0 Å². The maximum absolute atomic E-state index is 5.72. The van der Waals surface area contributed by atoms with Crippen molar-refractivity contribution in [2.45, 2.75) is 45.2 Å². The molecule has 1 aromatic heterocycles. The van der Waals surface area contributed by atoms with Gasteiger partial charge in [-0.15, -0.1) is 0 Å². The van der Waals surface area contributed by atoms with Gasteiger partial charge in [0.05, 0.1) is 0 Å². The maximum atomic E-state index is 5.72. The summed E-state index contributed by atoms with van der Waals surface area (Å²) in [4.78, 5) is 14.4. The fourth-order valence-electron chi connectivity index (χ4n) is 2.39. The highest BCUT2D eigenvalue weighted by molar-refractivity contribution is 5.40. The number of anilines is 3. The number of nitrogens with one attached hydrogen (secondary N) is 1. The number of hydrogen-bond acceptors (Lipinski definition) is 7. The van der Waals surface area contributed by atoms with Gasteiger partial charge < -0.3 is 10.6 Å². The van der Waals surface area contributed by atoms with Crippen LogP contribution in [0, 0.1) is 0 Å². The van der Waals surface area contributed by atoms with Crippen molar-refractivity contribution in [3.05, 3.63) is 0 Å². The molecule has 0 spiro atoms. The normalized spacial score (nSPS) is 24.2. The lowest BCUT2D eigenvalue weighted by Crippen LogP contribution is -2.47. The first-order valence-electron chi connectivity index (χ1n) is 6.71. The van der Waals surface area contributed by atoms with Crippen LogP contribution in [0.4, 0.5) is 17.8 Å². The van der Waals surface area contributed by atoms with E-state index < -0.39 is 0 Å². The summed E-state index contributed by atoms with van der Waals surface area (Å²) in [5.41, 5.74) is 9.01. The van der Waals surface area contributed by atoms with Gasteiger partial charge in [-0.2, -0.15) is 15.0 Å². The summed E-state index contributed by atoms with van der Waals surface area (Å²) in [6, 6.07) is 0.925. The fraction of sp³-hybridized carbons (Fsp3) is 0.750. The average Bonchev–Trinajstić information content (AvgIpc) is 2.33. The van der Waals surface area contributed by atoms with E-state index in [0.717, 1.165) is 0 Å². The lowest BCUT2D eigenvalue weighted by atomic mass is 10.00. The predicted molar refractivity (Wildman–Crippen MR) is 76.8 cm³/mol. The summed E-state index contributed by atoms with van der Waals surface area (Å²) in [5.74, 6) is 1.31. The molecule has 0 bridgehead atoms. The maximum Gasteiger partial charge on any atom is 0.244 e. The van der Waals surface area contributed by atoms with Crippen LogP contribution < -0.4 is 16.1 Å². The number of hydrogen-bond donors (Lipinski definition) is 2. The number of nitrogens with two attached hydrogens (primary N) is 1. The topological polar surface area (TPSA) is 83.2 Å². The third kappa shape index (κ3) is 3.23. The zero-order valence-corrected chi connectivity index (χ0v) is 12.1. The van der Waals surface area contributed by atoms with Gasteiger partial charge in [0.2, 0.25) is 17.8 Å². The lowest BCUT2D eigenvalue weighted by Gasteiger charge is -2.38. The minimum atomic E-state index is 0.235. The van der Waals surface area contributed by atoms with Crippen molar-refractivity contribution < 1.29 is 0 Å². The van der Waals surface area contributed by atoms with E-state index in [9.17, 15) is 0 Å². The van der Waals surface area contributed by atoms with Crippen molar-refractivity contribution in [3.8, 4) is 0 Å². The molecule has 1 aromatic rings. The lowest BCUT2D eigenvalue weighted by molar-refractivity contribution is 0.134. The summed E-state index contributed by atoms with van der Waals surface area (Å²) < 4.78 is 0. The highest BCUT2D eigenvalue weighted by Crippen LogP contribution is 2.22. The molecular formula is C12H23N7. The molecule has 7 heteroatoms. The Morgan fingerprint density at radius 3 is 2.37 bits per heavy atom. The van der Waals surface area contributed by atoms with Crippen molar-refractivity contribution in [2.24, 2.45) is 0 Å². The number of nitrogens with zero attached hydrogens (tertiary/aromatic N) is 5. The van der Waals surface area contributed by atoms with E-state index in [1.807, 2.05) is 19.0 Å². The minimum Gasteiger partial charge on any atom is -0.368 e. The van der Waals surface area contributed by atoms with Crippen LogP contribution in [-0.4, -0.2) is 46.1 Å². The van der Waals surface area contributed by atoms with E-state index in [-0.39, 0.29) is 5.95 Å². The second-order valence-corrected chi connectivity index (χ2v) is 5.36. The van der Waals surface area contributed by atoms with Crippen LogP contribution in [0.2, 0.25) is 0 Å². The van der Waals surface area contributed by atoms with Gasteiger partial charge in [0.25, 0.3) is 0 Å². The Hall–Kier alpha value is -1.63. The molecule has 0 radical (unpaired) electrons. The standard InChI is InChI=1S/C12H23N7/c1-8-6-5-7-9(2)19(8)17-11-14-10(13)15-12(16-11)18(3)4/h8-9H,5-7H2,1-4H3,(H3,13,14,15,16,17). The SMILES string of the molecule is CC1CCCC(C)N1Nc1nc(N)nc(N(C)C)n1. The molecule has 106 valence electrons. The Labute approximate surface area is 114 Å². The van der Waals surface area contributed by atoms with Crippen LogP contribution in [-0.2, 0) is 0 Å². The van der Waals surface area contributed by atoms with Crippen molar-refractivity contribution in [2.75, 3.05) is 30.2 Å². The summed E-state index contributed by atoms with van der Waals surface area (Å²) in [5, 5.41) is 2.21. The monoisotopic (exact) mass is 265 g/mol. The molecule has 2 unspecified atom stereocenters. The third-order valence-corrected chi connectivity index (χ3v) is 3.46. The molecule has 0 aliphatic carbocycles. The van der Waals surface area contributed by atoms with Crippen LogP contribution >= 0.6 is 0 Å². The minimum absolute atomic E-state index is 0.235. The zero-order chi connectivity index (χ0) is 14.0. The Morgan fingerprint density at radius 1 is 1.16 bits per heavy atom. The van der Waals surface area contributed by atoms with Gasteiger partial charge in [-0.05, 0) is 26.7 Å². The van der Waals surface area contributed by atoms with Gasteiger partial charge in [-0.3, -0.25) is 5.43 Å². The number of piperidine rings is 1. The van der Waals surface area contributed by atoms with Gasteiger partial charge in [0, 0.05) is 26.2 Å². The molecular weight excluding hydrogens is 242 g/mol. The Balaban J connectivity index is 2.17. The second-order valence-electron chi connectivity index (χ2n) is 5.36. The average molecular weight is 265 g/mol. The number of nitrogen functional groups attached to an aromatic ring is 1. The Morgan fingerprint density at radius 2 is 1.79 bits per heavy atom. The van der Waals surface area contributed by atoms with Crippen molar-refractivity contribution in [3.63, 3.8) is 0 Å². The molecule has 3 N–H and O–H groups in total. The van der Waals surface area contributed by atoms with Crippen LogP contribution in [0.5, 0.6) is 0 Å². The highest BCUT2D eigenvalue weighted by Gasteiger charge is 2.25. The number of aromatic nitrogens is 3. The Kier molecular flexibility index (Phi) is 4.04. The largest absolute Gasteiger partial charge is 0.368 e. The van der Waals surface area contributed by atoms with Crippen LogP contribution in [0.3, 0.4) is 0 Å². The quantitative estimate of drug-likeness (QED) is 0.847. The van der Waals surface area contributed by atoms with Gasteiger partial charge in [-0.1, -0.05) is 6.42 Å². The molecule has 7 nitrogen and oxygen atoms in total. The zero-order valence-electron chi connectivity index (χ0n) is 12.1. The summed E-state index contributed by atoms with van der Waals surface area (Å²) in [6.07, 6.45) is 3.62. The van der Waals surface area contributed by atoms with E-state index in [0.29, 0.717) is 24.0 Å². The summed E-state index contributed by atoms with van der Waals surface area (Å²) in [7, 11) is 3.76. The fourth-order valence-corrected chi connectivity index (χ4v) is 2.39. The first-order valence-corrected chi connectivity index (χ1v) is 6.71. The molecule has 0 saturated carbocycles. The molecule has 2 rings (SSSR count). The van der Waals surface area contributed by atoms with E-state index in [4.69, 9.17) is 5.73 Å². The first kappa shape index (κ1) is 13.8. The van der Waals surface area contributed by atoms with Crippen LogP contribution in [0.15, 0.2) is 0 Å². The van der Waals surface area contributed by atoms with Gasteiger partial charge >= 0.3 is 0 Å². The van der Waals surface area contributed by atoms with Gasteiger partial charge in [0.1, 0.15) is 0 Å². The van der Waals surface area contributed by atoms with Crippen LogP contribution in [0.1, 0.15) is 33.1 Å². The van der Waals surface area contributed by atoms with Crippen LogP contribution in [0.25, 0.3) is 0 Å². The summed E-state index contributed by atoms with van der Waals surface area (Å²) >= 11 is 0. The van der Waals surface area contributed by atoms with Gasteiger partial charge in [0.15, 0.2) is 0 Å². The second kappa shape index (κ2) is 5.56. The molecule has 0 amide bonds. The molecule has 1 aliphatic rings. The molecule has 2 atom stereocenters. The molecule has 19 heavy (non-hydrogen) atoms. The molecule has 1 aliphatic heterocycles. The van der Waals surface area contributed by atoms with E-state index >= 15 is 0 Å². The molecule has 0 aromatic carbocycles. The first-order chi connectivity index (χ1) is 8.97. The predicted octanol–water partition coefficient (Wildman–Crippen LogP) is 1.11. The van der Waals surface area contributed by atoms with Gasteiger partial charge in [-0.25, -0.2) is 5.01 Å². The molecule has 1 fully saturated rings. The van der Waals surface area contributed by atoms with E-state index in [2.05, 4.69) is 39.2 Å². The summed E-state index contributed by atoms with van der Waals surface area (Å²) in [6.45, 7) is 4.42. The highest BCUT2D eigenvalue weighted by atomic mass is 15.6. The smallest absolute Gasteiger partial charge is 0.244 e. The number of rotatable bonds is 3. The molecule has 2 heterocycles. The van der Waals surface area contributed by atoms with Crippen molar-refractivity contribution in [1.82, 2.24) is 20.0 Å². The van der Waals surface area contributed by atoms with E-state index in [1.54, 1.807) is 0 Å². The third-order valence-electron chi connectivity index (χ3n) is 3.46.